The topological polar surface area (TPSA) is 57.6 Å². The van der Waals surface area contributed by atoms with Gasteiger partial charge in [-0.05, 0) is 49.9 Å². The predicted octanol–water partition coefficient (Wildman–Crippen LogP) is 2.56. The average Bonchev–Trinajstić information content (AvgIpc) is 2.66. The fraction of sp³-hybridized carbons (Fsp3) is 0.467. The van der Waals surface area contributed by atoms with Gasteiger partial charge in [-0.25, -0.2) is 4.79 Å². The van der Waals surface area contributed by atoms with Gasteiger partial charge in [0.2, 0.25) is 0 Å². The van der Waals surface area contributed by atoms with Crippen molar-refractivity contribution >= 4 is 11.9 Å². The number of carbonyl (C=O) groups is 2. The first-order valence-electron chi connectivity index (χ1n) is 6.54. The van der Waals surface area contributed by atoms with Gasteiger partial charge in [-0.3, -0.25) is 4.79 Å². The number of benzene rings is 1. The minimum atomic E-state index is -0.999. The highest BCUT2D eigenvalue weighted by atomic mass is 16.4. The van der Waals surface area contributed by atoms with Crippen molar-refractivity contribution in [2.45, 2.75) is 33.2 Å². The Morgan fingerprint density at radius 3 is 2.37 bits per heavy atom. The molecule has 0 bridgehead atoms. The first-order chi connectivity index (χ1) is 8.88. The second-order valence-corrected chi connectivity index (χ2v) is 5.54. The Hall–Kier alpha value is -1.84. The van der Waals surface area contributed by atoms with Crippen LogP contribution in [0.3, 0.4) is 0 Å². The van der Waals surface area contributed by atoms with E-state index in [1.165, 1.54) is 6.07 Å². The maximum absolute atomic E-state index is 12.5. The van der Waals surface area contributed by atoms with Gasteiger partial charge in [-0.2, -0.15) is 0 Å². The molecular formula is C15H19NO3. The molecule has 0 spiro atoms. The largest absolute Gasteiger partial charge is 0.478 e. The smallest absolute Gasteiger partial charge is 0.335 e. The summed E-state index contributed by atoms with van der Waals surface area (Å²) in [5.41, 5.74) is 1.43. The van der Waals surface area contributed by atoms with Crippen LogP contribution in [-0.4, -0.2) is 34.5 Å². The molecule has 0 aliphatic carbocycles. The fourth-order valence-corrected chi connectivity index (χ4v) is 2.78. The van der Waals surface area contributed by atoms with Gasteiger partial charge in [-0.15, -0.1) is 0 Å². The van der Waals surface area contributed by atoms with Gasteiger partial charge in [0.15, 0.2) is 0 Å². The number of nitrogens with zero attached hydrogens (tertiary/aromatic N) is 1. The van der Waals surface area contributed by atoms with Crippen LogP contribution in [0.4, 0.5) is 0 Å². The van der Waals surface area contributed by atoms with Crippen LogP contribution in [0.15, 0.2) is 18.2 Å². The molecule has 102 valence electrons. The second kappa shape index (κ2) is 5.03. The Labute approximate surface area is 113 Å². The van der Waals surface area contributed by atoms with E-state index in [1.54, 1.807) is 19.1 Å². The van der Waals surface area contributed by atoms with Gasteiger partial charge in [0.1, 0.15) is 0 Å². The van der Waals surface area contributed by atoms with E-state index in [0.717, 1.165) is 18.5 Å². The molecule has 1 aliphatic rings. The zero-order valence-corrected chi connectivity index (χ0v) is 11.5. The number of hydrogen-bond acceptors (Lipinski definition) is 2. The summed E-state index contributed by atoms with van der Waals surface area (Å²) in [5, 5.41) is 9.05. The van der Waals surface area contributed by atoms with E-state index in [9.17, 15) is 9.59 Å². The Bertz CT molecular complexity index is 524. The number of aromatic carboxylic acids is 1. The monoisotopic (exact) mass is 261 g/mol. The summed E-state index contributed by atoms with van der Waals surface area (Å²) in [5.74, 6) is -0.564. The number of aryl methyl sites for hydroxylation is 1. The van der Waals surface area contributed by atoms with Crippen LogP contribution in [0.5, 0.6) is 0 Å². The molecule has 0 saturated carbocycles. The zero-order valence-electron chi connectivity index (χ0n) is 11.5. The van der Waals surface area contributed by atoms with Crippen LogP contribution >= 0.6 is 0 Å². The zero-order chi connectivity index (χ0) is 14.2. The number of rotatable bonds is 2. The Morgan fingerprint density at radius 1 is 1.21 bits per heavy atom. The van der Waals surface area contributed by atoms with Crippen molar-refractivity contribution in [3.05, 3.63) is 34.9 Å². The molecule has 4 nitrogen and oxygen atoms in total. The third-order valence-electron chi connectivity index (χ3n) is 3.62. The summed E-state index contributed by atoms with van der Waals surface area (Å²) in [6.45, 7) is 6.72. The Kier molecular flexibility index (Phi) is 3.60. The molecule has 0 radical (unpaired) electrons. The number of carboxylic acid groups (broad SMARTS) is 1. The van der Waals surface area contributed by atoms with E-state index in [4.69, 9.17) is 5.11 Å². The van der Waals surface area contributed by atoms with Gasteiger partial charge in [0.25, 0.3) is 5.91 Å². The average molecular weight is 261 g/mol. The van der Waals surface area contributed by atoms with Gasteiger partial charge >= 0.3 is 5.97 Å². The minimum absolute atomic E-state index is 0.0666. The molecule has 1 aliphatic heterocycles. The quantitative estimate of drug-likeness (QED) is 0.890. The van der Waals surface area contributed by atoms with Crippen molar-refractivity contribution in [1.29, 1.82) is 0 Å². The van der Waals surface area contributed by atoms with Crippen molar-refractivity contribution in [2.24, 2.45) is 5.92 Å². The van der Waals surface area contributed by atoms with Crippen molar-refractivity contribution in [1.82, 2.24) is 4.90 Å². The lowest BCUT2D eigenvalue weighted by Gasteiger charge is -2.22. The minimum Gasteiger partial charge on any atom is -0.478 e. The third kappa shape index (κ3) is 2.78. The lowest BCUT2D eigenvalue weighted by molar-refractivity contribution is 0.0696. The first kappa shape index (κ1) is 13.6. The molecule has 2 atom stereocenters. The maximum atomic E-state index is 12.5. The van der Waals surface area contributed by atoms with E-state index < -0.39 is 5.97 Å². The summed E-state index contributed by atoms with van der Waals surface area (Å²) < 4.78 is 0. The van der Waals surface area contributed by atoms with Gasteiger partial charge in [-0.1, -0.05) is 6.92 Å². The molecule has 1 amide bonds. The van der Waals surface area contributed by atoms with Gasteiger partial charge in [0, 0.05) is 18.2 Å². The van der Waals surface area contributed by atoms with Crippen molar-refractivity contribution in [3.8, 4) is 0 Å². The van der Waals surface area contributed by atoms with Crippen molar-refractivity contribution in [3.63, 3.8) is 0 Å². The molecule has 1 saturated heterocycles. The highest BCUT2D eigenvalue weighted by Crippen LogP contribution is 2.24. The number of likely N-dealkylation sites (tertiary alicyclic amines) is 1. The second-order valence-electron chi connectivity index (χ2n) is 5.54. The van der Waals surface area contributed by atoms with E-state index in [0.29, 0.717) is 11.5 Å². The number of amides is 1. The molecule has 2 rings (SSSR count). The van der Waals surface area contributed by atoms with E-state index in [1.807, 2.05) is 11.8 Å². The molecule has 19 heavy (non-hydrogen) atoms. The van der Waals surface area contributed by atoms with E-state index in [-0.39, 0.29) is 17.5 Å². The fourth-order valence-electron chi connectivity index (χ4n) is 2.78. The highest BCUT2D eigenvalue weighted by molar-refractivity contribution is 5.98. The maximum Gasteiger partial charge on any atom is 0.335 e. The summed E-state index contributed by atoms with van der Waals surface area (Å²) in [4.78, 5) is 25.3. The lowest BCUT2D eigenvalue weighted by Crippen LogP contribution is -2.34. The van der Waals surface area contributed by atoms with Crippen LogP contribution in [0.1, 0.15) is 46.5 Å². The van der Waals surface area contributed by atoms with Crippen LogP contribution in [-0.2, 0) is 0 Å². The highest BCUT2D eigenvalue weighted by Gasteiger charge is 2.30. The molecule has 1 N–H and O–H groups in total. The summed E-state index contributed by atoms with van der Waals surface area (Å²) in [6, 6.07) is 5.02. The van der Waals surface area contributed by atoms with Crippen LogP contribution < -0.4 is 0 Å². The third-order valence-corrected chi connectivity index (χ3v) is 3.62. The standard InChI is InChI=1S/C15H19NO3/c1-9-5-12(7-13(6-9)15(18)19)14(17)16-8-10(2)4-11(16)3/h5-7,10-11H,4,8H2,1-3H3,(H,18,19). The van der Waals surface area contributed by atoms with Gasteiger partial charge in [0.05, 0.1) is 5.56 Å². The Morgan fingerprint density at radius 2 is 1.84 bits per heavy atom. The normalized spacial score (nSPS) is 22.6. The van der Waals surface area contributed by atoms with Crippen molar-refractivity contribution in [2.75, 3.05) is 6.54 Å². The lowest BCUT2D eigenvalue weighted by atomic mass is 10.1. The molecule has 1 fully saturated rings. The number of hydrogen-bond donors (Lipinski definition) is 1. The summed E-state index contributed by atoms with van der Waals surface area (Å²) in [6.07, 6.45) is 1.00. The van der Waals surface area contributed by atoms with Crippen LogP contribution in [0.2, 0.25) is 0 Å². The molecule has 1 aromatic carbocycles. The molecular weight excluding hydrogens is 242 g/mol. The SMILES string of the molecule is Cc1cc(C(=O)O)cc(C(=O)N2CC(C)CC2C)c1. The molecule has 1 aromatic rings. The molecule has 4 heteroatoms. The summed E-state index contributed by atoms with van der Waals surface area (Å²) in [7, 11) is 0. The summed E-state index contributed by atoms with van der Waals surface area (Å²) >= 11 is 0. The predicted molar refractivity (Wildman–Crippen MR) is 72.4 cm³/mol. The van der Waals surface area contributed by atoms with Crippen LogP contribution in [0.25, 0.3) is 0 Å². The number of carboxylic acids is 1. The molecule has 0 aromatic heterocycles. The van der Waals surface area contributed by atoms with E-state index >= 15 is 0 Å². The van der Waals surface area contributed by atoms with E-state index in [2.05, 4.69) is 6.92 Å². The Balaban J connectivity index is 2.31. The number of carbonyl (C=O) groups excluding carboxylic acids is 1. The van der Waals surface area contributed by atoms with Gasteiger partial charge < -0.3 is 10.0 Å². The van der Waals surface area contributed by atoms with Crippen molar-refractivity contribution < 1.29 is 14.7 Å². The first-order valence-corrected chi connectivity index (χ1v) is 6.54. The van der Waals surface area contributed by atoms with Crippen LogP contribution in [0, 0.1) is 12.8 Å². The molecule has 1 heterocycles. The molecule has 2 unspecified atom stereocenters.